The lowest BCUT2D eigenvalue weighted by atomic mass is 9.97. The first-order valence-corrected chi connectivity index (χ1v) is 6.16. The van der Waals surface area contributed by atoms with Crippen molar-refractivity contribution in [2.75, 3.05) is 5.73 Å². The average molecular weight is 310 g/mol. The molecule has 0 aliphatic rings. The molecule has 0 amide bonds. The van der Waals surface area contributed by atoms with Gasteiger partial charge in [0.15, 0.2) is 0 Å². The number of aliphatic hydroxyl groups is 2. The van der Waals surface area contributed by atoms with Crippen molar-refractivity contribution in [3.8, 4) is 0 Å². The fourth-order valence-corrected chi connectivity index (χ4v) is 2.00. The fourth-order valence-electron chi connectivity index (χ4n) is 2.00. The quantitative estimate of drug-likeness (QED) is 0.456. The molecule has 2 rings (SSSR count). The van der Waals surface area contributed by atoms with E-state index >= 15 is 0 Å². The number of non-ortho nitro benzene ring substituents is 1. The molecule has 0 aliphatic heterocycles. The molecule has 6 nitrogen and oxygen atoms in total. The number of hydrogen-bond acceptors (Lipinski definition) is 5. The lowest BCUT2D eigenvalue weighted by molar-refractivity contribution is -0.385. The molecular formula is C14H12F2N2O4. The second kappa shape index (κ2) is 6.04. The average Bonchev–Trinajstić information content (AvgIpc) is 2.48. The molecule has 2 aromatic carbocycles. The molecule has 22 heavy (non-hydrogen) atoms. The van der Waals surface area contributed by atoms with Crippen molar-refractivity contribution < 1.29 is 23.9 Å². The van der Waals surface area contributed by atoms with Gasteiger partial charge in [0.05, 0.1) is 4.92 Å². The highest BCUT2D eigenvalue weighted by Gasteiger charge is 2.27. The molecule has 0 saturated heterocycles. The number of hydrogen-bond donors (Lipinski definition) is 3. The van der Waals surface area contributed by atoms with E-state index in [-0.39, 0.29) is 11.3 Å². The van der Waals surface area contributed by atoms with Crippen LogP contribution in [0.25, 0.3) is 0 Å². The van der Waals surface area contributed by atoms with Crippen LogP contribution < -0.4 is 5.73 Å². The highest BCUT2D eigenvalue weighted by atomic mass is 19.1. The topological polar surface area (TPSA) is 110 Å². The fraction of sp³-hybridized carbons (Fsp3) is 0.143. The minimum absolute atomic E-state index is 0.141. The zero-order valence-electron chi connectivity index (χ0n) is 11.1. The highest BCUT2D eigenvalue weighted by molar-refractivity contribution is 5.43. The molecule has 0 fully saturated rings. The second-order valence-corrected chi connectivity index (χ2v) is 4.63. The third-order valence-corrected chi connectivity index (χ3v) is 3.15. The van der Waals surface area contributed by atoms with E-state index in [4.69, 9.17) is 5.73 Å². The zero-order valence-corrected chi connectivity index (χ0v) is 11.1. The molecule has 0 saturated carbocycles. The SMILES string of the molecule is Nc1ccc(F)c(C(O)C(O)c2cc([N+](=O)[O-])ccc2F)c1. The Morgan fingerprint density at radius 3 is 2.05 bits per heavy atom. The Labute approximate surface area is 123 Å². The Kier molecular flexibility index (Phi) is 4.34. The summed E-state index contributed by atoms with van der Waals surface area (Å²) in [6.07, 6.45) is -3.73. The van der Waals surface area contributed by atoms with Crippen LogP contribution in [0, 0.1) is 21.7 Å². The number of aliphatic hydroxyl groups excluding tert-OH is 2. The van der Waals surface area contributed by atoms with Gasteiger partial charge in [0.2, 0.25) is 0 Å². The van der Waals surface area contributed by atoms with Gasteiger partial charge in [-0.05, 0) is 24.3 Å². The van der Waals surface area contributed by atoms with Crippen LogP contribution in [0.4, 0.5) is 20.2 Å². The number of anilines is 1. The first-order valence-electron chi connectivity index (χ1n) is 6.16. The predicted octanol–water partition coefficient (Wildman–Crippen LogP) is 2.22. The van der Waals surface area contributed by atoms with Crippen LogP contribution >= 0.6 is 0 Å². The first kappa shape index (κ1) is 15.8. The molecule has 0 aromatic heterocycles. The smallest absolute Gasteiger partial charge is 0.270 e. The molecule has 2 atom stereocenters. The second-order valence-electron chi connectivity index (χ2n) is 4.63. The number of rotatable bonds is 4. The van der Waals surface area contributed by atoms with Crippen LogP contribution in [0.15, 0.2) is 36.4 Å². The molecule has 0 heterocycles. The minimum Gasteiger partial charge on any atom is -0.399 e. The van der Waals surface area contributed by atoms with E-state index in [2.05, 4.69) is 0 Å². The number of nitro benzene ring substituents is 1. The van der Waals surface area contributed by atoms with E-state index in [0.29, 0.717) is 0 Å². The summed E-state index contributed by atoms with van der Waals surface area (Å²) < 4.78 is 27.4. The van der Waals surface area contributed by atoms with Crippen LogP contribution in [-0.4, -0.2) is 15.1 Å². The summed E-state index contributed by atoms with van der Waals surface area (Å²) in [4.78, 5) is 9.91. The van der Waals surface area contributed by atoms with Gasteiger partial charge in [-0.2, -0.15) is 0 Å². The van der Waals surface area contributed by atoms with E-state index in [9.17, 15) is 29.1 Å². The van der Waals surface area contributed by atoms with E-state index in [1.54, 1.807) is 0 Å². The van der Waals surface area contributed by atoms with E-state index in [1.165, 1.54) is 6.07 Å². The highest BCUT2D eigenvalue weighted by Crippen LogP contribution is 2.33. The number of nitrogens with two attached hydrogens (primary N) is 1. The summed E-state index contributed by atoms with van der Waals surface area (Å²) in [6.45, 7) is 0. The Bertz CT molecular complexity index is 724. The maximum Gasteiger partial charge on any atom is 0.270 e. The van der Waals surface area contributed by atoms with Gasteiger partial charge in [-0.15, -0.1) is 0 Å². The van der Waals surface area contributed by atoms with Crippen LogP contribution in [0.2, 0.25) is 0 Å². The summed E-state index contributed by atoms with van der Waals surface area (Å²) >= 11 is 0. The van der Waals surface area contributed by atoms with Gasteiger partial charge in [0.1, 0.15) is 23.8 Å². The lowest BCUT2D eigenvalue weighted by Gasteiger charge is -2.19. The molecule has 0 bridgehead atoms. The molecular weight excluding hydrogens is 298 g/mol. The van der Waals surface area contributed by atoms with Gasteiger partial charge in [-0.1, -0.05) is 0 Å². The van der Waals surface area contributed by atoms with E-state index in [0.717, 1.165) is 30.3 Å². The van der Waals surface area contributed by atoms with Gasteiger partial charge in [-0.3, -0.25) is 10.1 Å². The normalized spacial score (nSPS) is 13.6. The van der Waals surface area contributed by atoms with Gasteiger partial charge in [-0.25, -0.2) is 8.78 Å². The van der Waals surface area contributed by atoms with Gasteiger partial charge >= 0.3 is 0 Å². The van der Waals surface area contributed by atoms with Crippen molar-refractivity contribution in [2.45, 2.75) is 12.2 Å². The van der Waals surface area contributed by atoms with Crippen molar-refractivity contribution in [3.05, 3.63) is 69.3 Å². The van der Waals surface area contributed by atoms with Crippen LogP contribution in [0.5, 0.6) is 0 Å². The number of nitrogen functional groups attached to an aromatic ring is 1. The molecule has 0 radical (unpaired) electrons. The standard InChI is InChI=1S/C14H12F2N2O4/c15-11-3-1-7(17)5-9(11)13(19)14(20)10-6-8(18(21)22)2-4-12(10)16/h1-6,13-14,19-20H,17H2. The summed E-state index contributed by atoms with van der Waals surface area (Å²) in [7, 11) is 0. The van der Waals surface area contributed by atoms with Crippen LogP contribution in [-0.2, 0) is 0 Å². The predicted molar refractivity (Wildman–Crippen MR) is 73.8 cm³/mol. The van der Waals surface area contributed by atoms with Gasteiger partial charge < -0.3 is 15.9 Å². The van der Waals surface area contributed by atoms with Gasteiger partial charge in [0.25, 0.3) is 5.69 Å². The minimum atomic E-state index is -1.89. The van der Waals surface area contributed by atoms with Crippen molar-refractivity contribution in [3.63, 3.8) is 0 Å². The maximum atomic E-state index is 13.7. The van der Waals surface area contributed by atoms with E-state index in [1.807, 2.05) is 0 Å². The molecule has 4 N–H and O–H groups in total. The largest absolute Gasteiger partial charge is 0.399 e. The number of nitro groups is 1. The third kappa shape index (κ3) is 3.02. The van der Waals surface area contributed by atoms with E-state index < -0.39 is 40.0 Å². The Morgan fingerprint density at radius 1 is 1.00 bits per heavy atom. The Morgan fingerprint density at radius 2 is 1.50 bits per heavy atom. The molecule has 116 valence electrons. The summed E-state index contributed by atoms with van der Waals surface area (Å²) in [6, 6.07) is 5.83. The first-order chi connectivity index (χ1) is 10.3. The van der Waals surface area contributed by atoms with Crippen molar-refractivity contribution in [1.82, 2.24) is 0 Å². The van der Waals surface area contributed by atoms with Gasteiger partial charge in [0, 0.05) is 28.9 Å². The zero-order chi connectivity index (χ0) is 16.4. The van der Waals surface area contributed by atoms with Crippen LogP contribution in [0.1, 0.15) is 23.3 Å². The maximum absolute atomic E-state index is 13.7. The monoisotopic (exact) mass is 310 g/mol. The van der Waals surface area contributed by atoms with Crippen LogP contribution in [0.3, 0.4) is 0 Å². The Hall–Kier alpha value is -2.58. The number of halogens is 2. The lowest BCUT2D eigenvalue weighted by Crippen LogP contribution is -2.14. The molecule has 0 spiro atoms. The van der Waals surface area contributed by atoms with Crippen molar-refractivity contribution in [1.29, 1.82) is 0 Å². The third-order valence-electron chi connectivity index (χ3n) is 3.15. The molecule has 2 unspecified atom stereocenters. The molecule has 2 aromatic rings. The summed E-state index contributed by atoms with van der Waals surface area (Å²) in [5.41, 5.74) is 4.31. The summed E-state index contributed by atoms with van der Waals surface area (Å²) in [5, 5.41) is 30.7. The van der Waals surface area contributed by atoms with Crippen molar-refractivity contribution >= 4 is 11.4 Å². The molecule has 0 aliphatic carbocycles. The molecule has 8 heteroatoms. The number of benzene rings is 2. The summed E-state index contributed by atoms with van der Waals surface area (Å²) in [5.74, 6) is -1.80. The Balaban J connectivity index is 2.42. The van der Waals surface area contributed by atoms with Crippen molar-refractivity contribution in [2.24, 2.45) is 0 Å². The number of nitrogens with zero attached hydrogens (tertiary/aromatic N) is 1.